The van der Waals surface area contributed by atoms with E-state index in [1.54, 1.807) is 19.2 Å². The van der Waals surface area contributed by atoms with Crippen molar-refractivity contribution in [2.24, 2.45) is 19.2 Å². The summed E-state index contributed by atoms with van der Waals surface area (Å²) in [6.45, 7) is 1.40. The molecule has 0 radical (unpaired) electrons. The minimum Gasteiger partial charge on any atom is -0.495 e. The van der Waals surface area contributed by atoms with Crippen molar-refractivity contribution in [1.29, 1.82) is 0 Å². The lowest BCUT2D eigenvalue weighted by atomic mass is 10.1. The Balaban J connectivity index is 1.56. The van der Waals surface area contributed by atoms with Crippen molar-refractivity contribution >= 4 is 28.5 Å². The average Bonchev–Trinajstić information content (AvgIpc) is 3.27. The Morgan fingerprint density at radius 3 is 2.50 bits per heavy atom. The van der Waals surface area contributed by atoms with Gasteiger partial charge in [0.1, 0.15) is 5.75 Å². The van der Waals surface area contributed by atoms with Crippen molar-refractivity contribution in [2.45, 2.75) is 6.54 Å². The number of imidazole rings is 1. The maximum atomic E-state index is 13.1. The second-order valence-electron chi connectivity index (χ2n) is 8.04. The van der Waals surface area contributed by atoms with Crippen LogP contribution in [-0.2, 0) is 20.6 Å². The normalized spacial score (nSPS) is 13.0. The summed E-state index contributed by atoms with van der Waals surface area (Å²) < 4.78 is 9.77. The van der Waals surface area contributed by atoms with E-state index in [2.05, 4.69) is 10.3 Å². The Hall–Kier alpha value is -4.34. The number of hydrazone groups is 1. The van der Waals surface area contributed by atoms with Gasteiger partial charge in [-0.3, -0.25) is 18.5 Å². The summed E-state index contributed by atoms with van der Waals surface area (Å²) in [6, 6.07) is 17.5. The van der Waals surface area contributed by atoms with E-state index < -0.39 is 5.69 Å². The molecule has 0 saturated carbocycles. The van der Waals surface area contributed by atoms with Gasteiger partial charge in [-0.25, -0.2) is 9.80 Å². The molecule has 0 unspecified atom stereocenters. The predicted molar refractivity (Wildman–Crippen MR) is 132 cm³/mol. The van der Waals surface area contributed by atoms with Gasteiger partial charge in [-0.1, -0.05) is 42.5 Å². The van der Waals surface area contributed by atoms with Crippen LogP contribution in [0.25, 0.3) is 11.2 Å². The molecule has 0 atom stereocenters. The standard InChI is InChI=1S/C24H25N7O3/c1-28-21-20(22(32)29(2)24(28)33)30-15-18(16-9-5-4-6-10-16)27-31(23(30)26-21)14-13-25-17-11-7-8-12-19(17)34-3/h4-12,25H,13-15H2,1-3H3. The summed E-state index contributed by atoms with van der Waals surface area (Å²) in [6.07, 6.45) is 0. The highest BCUT2D eigenvalue weighted by atomic mass is 16.5. The molecular weight excluding hydrogens is 434 g/mol. The number of benzene rings is 2. The maximum absolute atomic E-state index is 13.1. The Labute approximate surface area is 195 Å². The van der Waals surface area contributed by atoms with Crippen molar-refractivity contribution < 1.29 is 4.74 Å². The van der Waals surface area contributed by atoms with Crippen LogP contribution < -0.4 is 26.3 Å². The van der Waals surface area contributed by atoms with Gasteiger partial charge in [-0.2, -0.15) is 10.1 Å². The van der Waals surface area contributed by atoms with Gasteiger partial charge in [0.15, 0.2) is 11.2 Å². The third kappa shape index (κ3) is 3.53. The van der Waals surface area contributed by atoms with E-state index in [0.717, 1.165) is 27.3 Å². The Bertz CT molecular complexity index is 1520. The number of nitrogens with zero attached hydrogens (tertiary/aromatic N) is 6. The molecule has 1 N–H and O–H groups in total. The molecule has 0 saturated heterocycles. The lowest BCUT2D eigenvalue weighted by Crippen LogP contribution is -2.38. The SMILES string of the molecule is COc1ccccc1NCCN1N=C(c2ccccc2)Cn2c1nc1c2c(=O)n(C)c(=O)n1C. The van der Waals surface area contributed by atoms with E-state index in [1.165, 1.54) is 11.6 Å². The summed E-state index contributed by atoms with van der Waals surface area (Å²) in [5.41, 5.74) is 2.57. The third-order valence-corrected chi connectivity index (χ3v) is 5.96. The van der Waals surface area contributed by atoms with E-state index in [0.29, 0.717) is 36.7 Å². The van der Waals surface area contributed by atoms with E-state index in [9.17, 15) is 9.59 Å². The summed E-state index contributed by atoms with van der Waals surface area (Å²) in [5, 5.41) is 10.0. The number of aryl methyl sites for hydroxylation is 1. The highest BCUT2D eigenvalue weighted by Crippen LogP contribution is 2.26. The zero-order valence-electron chi connectivity index (χ0n) is 19.2. The van der Waals surface area contributed by atoms with Crippen LogP contribution >= 0.6 is 0 Å². The number of para-hydroxylation sites is 2. The molecule has 10 heteroatoms. The first-order valence-corrected chi connectivity index (χ1v) is 10.9. The molecule has 174 valence electrons. The van der Waals surface area contributed by atoms with Crippen LogP contribution in [0.2, 0.25) is 0 Å². The summed E-state index contributed by atoms with van der Waals surface area (Å²) in [5.74, 6) is 1.27. The van der Waals surface area contributed by atoms with Crippen LogP contribution in [0.15, 0.2) is 69.3 Å². The fourth-order valence-electron chi connectivity index (χ4n) is 4.17. The first kappa shape index (κ1) is 21.5. The third-order valence-electron chi connectivity index (χ3n) is 5.96. The quantitative estimate of drug-likeness (QED) is 0.472. The maximum Gasteiger partial charge on any atom is 0.332 e. The molecule has 5 rings (SSSR count). The first-order chi connectivity index (χ1) is 16.5. The molecule has 2 aromatic heterocycles. The van der Waals surface area contributed by atoms with Gasteiger partial charge in [0, 0.05) is 20.6 Å². The molecule has 3 heterocycles. The van der Waals surface area contributed by atoms with Gasteiger partial charge < -0.3 is 10.1 Å². The van der Waals surface area contributed by atoms with Crippen LogP contribution in [0, 0.1) is 0 Å². The summed E-state index contributed by atoms with van der Waals surface area (Å²) in [7, 11) is 4.73. The van der Waals surface area contributed by atoms with Crippen molar-refractivity contribution in [3.05, 3.63) is 81.0 Å². The lowest BCUT2D eigenvalue weighted by molar-refractivity contribution is 0.416. The van der Waals surface area contributed by atoms with E-state index >= 15 is 0 Å². The van der Waals surface area contributed by atoms with Gasteiger partial charge in [0.2, 0.25) is 5.95 Å². The predicted octanol–water partition coefficient (Wildman–Crippen LogP) is 1.78. The number of nitrogens with one attached hydrogen (secondary N) is 1. The topological polar surface area (TPSA) is 98.7 Å². The molecule has 2 aromatic carbocycles. The van der Waals surface area contributed by atoms with Crippen molar-refractivity contribution in [2.75, 3.05) is 30.5 Å². The van der Waals surface area contributed by atoms with Gasteiger partial charge in [-0.05, 0) is 17.7 Å². The number of methoxy groups -OCH3 is 1. The van der Waals surface area contributed by atoms with E-state index in [-0.39, 0.29) is 5.56 Å². The highest BCUT2D eigenvalue weighted by Gasteiger charge is 2.27. The molecule has 4 aromatic rings. The van der Waals surface area contributed by atoms with Crippen LogP contribution in [0.4, 0.5) is 11.6 Å². The Morgan fingerprint density at radius 2 is 1.74 bits per heavy atom. The van der Waals surface area contributed by atoms with Crippen LogP contribution in [0.3, 0.4) is 0 Å². The first-order valence-electron chi connectivity index (χ1n) is 10.9. The molecule has 0 fully saturated rings. The highest BCUT2D eigenvalue weighted by molar-refractivity contribution is 6.02. The number of hydrogen-bond donors (Lipinski definition) is 1. The molecule has 34 heavy (non-hydrogen) atoms. The smallest absolute Gasteiger partial charge is 0.332 e. The molecule has 1 aliphatic heterocycles. The number of rotatable bonds is 6. The number of anilines is 2. The minimum atomic E-state index is -0.415. The number of ether oxygens (including phenoxy) is 1. The largest absolute Gasteiger partial charge is 0.495 e. The molecular formula is C24H25N7O3. The molecule has 0 bridgehead atoms. The Kier molecular flexibility index (Phi) is 5.40. The monoisotopic (exact) mass is 459 g/mol. The summed E-state index contributed by atoms with van der Waals surface area (Å²) >= 11 is 0. The number of aromatic nitrogens is 4. The second-order valence-corrected chi connectivity index (χ2v) is 8.04. The second kappa shape index (κ2) is 8.54. The van der Waals surface area contributed by atoms with Crippen molar-refractivity contribution in [1.82, 2.24) is 18.7 Å². The van der Waals surface area contributed by atoms with Gasteiger partial charge in [0.05, 0.1) is 31.6 Å². The fraction of sp³-hybridized carbons (Fsp3) is 0.250. The van der Waals surface area contributed by atoms with E-state index in [1.807, 2.05) is 59.2 Å². The lowest BCUT2D eigenvalue weighted by Gasteiger charge is -2.26. The number of hydrogen-bond acceptors (Lipinski definition) is 7. The molecule has 1 aliphatic rings. The Morgan fingerprint density at radius 1 is 1.00 bits per heavy atom. The fourth-order valence-corrected chi connectivity index (χ4v) is 4.17. The minimum absolute atomic E-state index is 0.343. The van der Waals surface area contributed by atoms with Crippen LogP contribution in [0.1, 0.15) is 5.56 Å². The van der Waals surface area contributed by atoms with Crippen LogP contribution in [-0.4, -0.2) is 44.6 Å². The van der Waals surface area contributed by atoms with Crippen molar-refractivity contribution in [3.63, 3.8) is 0 Å². The molecule has 10 nitrogen and oxygen atoms in total. The molecule has 0 amide bonds. The van der Waals surface area contributed by atoms with Gasteiger partial charge in [0.25, 0.3) is 5.56 Å². The van der Waals surface area contributed by atoms with Crippen LogP contribution in [0.5, 0.6) is 5.75 Å². The molecule has 0 spiro atoms. The zero-order valence-corrected chi connectivity index (χ0v) is 19.2. The number of fused-ring (bicyclic) bond motifs is 3. The average molecular weight is 460 g/mol. The summed E-state index contributed by atoms with van der Waals surface area (Å²) in [4.78, 5) is 30.2. The van der Waals surface area contributed by atoms with Crippen molar-refractivity contribution in [3.8, 4) is 5.75 Å². The van der Waals surface area contributed by atoms with Gasteiger partial charge >= 0.3 is 5.69 Å². The molecule has 0 aliphatic carbocycles. The van der Waals surface area contributed by atoms with E-state index in [4.69, 9.17) is 9.84 Å². The zero-order chi connectivity index (χ0) is 23.8. The van der Waals surface area contributed by atoms with Gasteiger partial charge in [-0.15, -0.1) is 0 Å².